The van der Waals surface area contributed by atoms with Gasteiger partial charge in [0.1, 0.15) is 0 Å². The van der Waals surface area contributed by atoms with Crippen LogP contribution >= 0.6 is 0 Å². The smallest absolute Gasteiger partial charge is 0.160 e. The zero-order valence-electron chi connectivity index (χ0n) is 11.1. The van der Waals surface area contributed by atoms with Gasteiger partial charge in [0.2, 0.25) is 0 Å². The summed E-state index contributed by atoms with van der Waals surface area (Å²) in [5.74, 6) is 1.54. The third kappa shape index (κ3) is 2.63. The van der Waals surface area contributed by atoms with Gasteiger partial charge in [-0.3, -0.25) is 4.68 Å². The summed E-state index contributed by atoms with van der Waals surface area (Å²) in [5.41, 5.74) is 1.29. The lowest BCUT2D eigenvalue weighted by atomic mass is 9.90. The van der Waals surface area contributed by atoms with Gasteiger partial charge in [-0.1, -0.05) is 6.92 Å². The first-order valence-electron chi connectivity index (χ1n) is 6.59. The summed E-state index contributed by atoms with van der Waals surface area (Å²) in [6.45, 7) is 6.51. The molecule has 1 fully saturated rings. The molecule has 1 N–H and O–H groups in total. The molecule has 0 saturated carbocycles. The van der Waals surface area contributed by atoms with Crippen LogP contribution in [0, 0.1) is 0 Å². The second kappa shape index (κ2) is 5.54. The van der Waals surface area contributed by atoms with E-state index < -0.39 is 0 Å². The van der Waals surface area contributed by atoms with Crippen molar-refractivity contribution >= 4 is 0 Å². The number of rotatable bonds is 4. The minimum Gasteiger partial charge on any atom is -0.493 e. The molecule has 1 aromatic rings. The topological polar surface area (TPSA) is 39.1 Å². The Morgan fingerprint density at radius 2 is 2.41 bits per heavy atom. The fourth-order valence-electron chi connectivity index (χ4n) is 2.72. The van der Waals surface area contributed by atoms with Gasteiger partial charge in [0.25, 0.3) is 0 Å². The number of nitrogens with zero attached hydrogens (tertiary/aromatic N) is 2. The Bertz CT molecular complexity index is 362. The molecule has 0 amide bonds. The molecule has 96 valence electrons. The van der Waals surface area contributed by atoms with Crippen molar-refractivity contribution < 1.29 is 4.74 Å². The maximum atomic E-state index is 5.46. The summed E-state index contributed by atoms with van der Waals surface area (Å²) in [5, 5.41) is 7.94. The van der Waals surface area contributed by atoms with Crippen LogP contribution in [0.25, 0.3) is 0 Å². The van der Waals surface area contributed by atoms with Crippen molar-refractivity contribution in [2.75, 3.05) is 13.7 Å². The highest BCUT2D eigenvalue weighted by Crippen LogP contribution is 2.34. The van der Waals surface area contributed by atoms with Gasteiger partial charge in [0.05, 0.1) is 19.0 Å². The van der Waals surface area contributed by atoms with Gasteiger partial charge in [-0.2, -0.15) is 5.10 Å². The molecule has 1 aliphatic heterocycles. The van der Waals surface area contributed by atoms with E-state index in [0.717, 1.165) is 25.3 Å². The summed E-state index contributed by atoms with van der Waals surface area (Å²) < 4.78 is 7.58. The van der Waals surface area contributed by atoms with E-state index in [0.29, 0.717) is 12.0 Å². The van der Waals surface area contributed by atoms with Gasteiger partial charge in [0.15, 0.2) is 5.75 Å². The average molecular weight is 237 g/mol. The molecule has 1 aliphatic rings. The normalized spacial score (nSPS) is 24.9. The van der Waals surface area contributed by atoms with Gasteiger partial charge >= 0.3 is 0 Å². The van der Waals surface area contributed by atoms with Crippen LogP contribution in [0.2, 0.25) is 0 Å². The molecule has 1 aromatic heterocycles. The summed E-state index contributed by atoms with van der Waals surface area (Å²) in [6, 6.07) is 0.587. The predicted octanol–water partition coefficient (Wildman–Crippen LogP) is 2.16. The standard InChI is InChI=1S/C13H23N3O/c1-4-7-16-13(12(17-3)9-15-16)11-5-6-14-10(2)8-11/h9-11,14H,4-8H2,1-3H3. The van der Waals surface area contributed by atoms with Gasteiger partial charge in [-0.15, -0.1) is 0 Å². The first-order chi connectivity index (χ1) is 8.26. The van der Waals surface area contributed by atoms with Crippen LogP contribution < -0.4 is 10.1 Å². The Labute approximate surface area is 103 Å². The van der Waals surface area contributed by atoms with E-state index >= 15 is 0 Å². The van der Waals surface area contributed by atoms with E-state index in [1.54, 1.807) is 7.11 Å². The molecule has 2 rings (SSSR count). The van der Waals surface area contributed by atoms with Crippen molar-refractivity contribution in [3.63, 3.8) is 0 Å². The van der Waals surface area contributed by atoms with Crippen LogP contribution in [0.1, 0.15) is 44.7 Å². The Morgan fingerprint density at radius 3 is 3.06 bits per heavy atom. The Hall–Kier alpha value is -1.03. The van der Waals surface area contributed by atoms with E-state index in [1.165, 1.54) is 18.5 Å². The van der Waals surface area contributed by atoms with E-state index in [2.05, 4.69) is 28.9 Å². The predicted molar refractivity (Wildman–Crippen MR) is 68.5 cm³/mol. The molecule has 0 spiro atoms. The minimum absolute atomic E-state index is 0.579. The summed E-state index contributed by atoms with van der Waals surface area (Å²) in [7, 11) is 1.74. The molecule has 0 radical (unpaired) electrons. The van der Waals surface area contributed by atoms with E-state index in [4.69, 9.17) is 4.74 Å². The highest BCUT2D eigenvalue weighted by atomic mass is 16.5. The Balaban J connectivity index is 2.24. The lowest BCUT2D eigenvalue weighted by Crippen LogP contribution is -2.35. The highest BCUT2D eigenvalue weighted by Gasteiger charge is 2.26. The number of methoxy groups -OCH3 is 1. The van der Waals surface area contributed by atoms with Crippen molar-refractivity contribution in [3.05, 3.63) is 11.9 Å². The zero-order chi connectivity index (χ0) is 12.3. The average Bonchev–Trinajstić information content (AvgIpc) is 2.72. The number of aryl methyl sites for hydroxylation is 1. The second-order valence-electron chi connectivity index (χ2n) is 4.90. The maximum absolute atomic E-state index is 5.46. The third-order valence-electron chi connectivity index (χ3n) is 3.51. The van der Waals surface area contributed by atoms with Gasteiger partial charge in [-0.25, -0.2) is 0 Å². The zero-order valence-corrected chi connectivity index (χ0v) is 11.1. The second-order valence-corrected chi connectivity index (χ2v) is 4.90. The number of hydrogen-bond acceptors (Lipinski definition) is 3. The Kier molecular flexibility index (Phi) is 4.05. The van der Waals surface area contributed by atoms with Crippen LogP contribution in [0.4, 0.5) is 0 Å². The van der Waals surface area contributed by atoms with Crippen LogP contribution in [0.3, 0.4) is 0 Å². The van der Waals surface area contributed by atoms with E-state index in [1.807, 2.05) is 6.20 Å². The number of piperidine rings is 1. The van der Waals surface area contributed by atoms with Crippen LogP contribution in [-0.2, 0) is 6.54 Å². The summed E-state index contributed by atoms with van der Waals surface area (Å²) >= 11 is 0. The van der Waals surface area contributed by atoms with Crippen molar-refractivity contribution in [3.8, 4) is 5.75 Å². The number of hydrogen-bond donors (Lipinski definition) is 1. The fraction of sp³-hybridized carbons (Fsp3) is 0.769. The Morgan fingerprint density at radius 1 is 1.59 bits per heavy atom. The monoisotopic (exact) mass is 237 g/mol. The van der Waals surface area contributed by atoms with Crippen LogP contribution in [0.15, 0.2) is 6.20 Å². The molecule has 2 heterocycles. The number of ether oxygens (including phenoxy) is 1. The van der Waals surface area contributed by atoms with Gasteiger partial charge in [0, 0.05) is 18.5 Å². The lowest BCUT2D eigenvalue weighted by Gasteiger charge is -2.28. The minimum atomic E-state index is 0.579. The molecule has 0 bridgehead atoms. The van der Waals surface area contributed by atoms with Crippen molar-refractivity contribution in [1.82, 2.24) is 15.1 Å². The quantitative estimate of drug-likeness (QED) is 0.872. The molecule has 2 atom stereocenters. The summed E-state index contributed by atoms with van der Waals surface area (Å²) in [4.78, 5) is 0. The van der Waals surface area contributed by atoms with Gasteiger partial charge < -0.3 is 10.1 Å². The lowest BCUT2D eigenvalue weighted by molar-refractivity contribution is 0.345. The SMILES string of the molecule is CCCn1ncc(OC)c1C1CCNC(C)C1. The molecular formula is C13H23N3O. The number of aromatic nitrogens is 2. The molecule has 4 heteroatoms. The first kappa shape index (κ1) is 12.4. The molecule has 1 saturated heterocycles. The van der Waals surface area contributed by atoms with Crippen molar-refractivity contribution in [2.45, 2.75) is 51.6 Å². The van der Waals surface area contributed by atoms with Crippen LogP contribution in [0.5, 0.6) is 5.75 Å². The molecule has 17 heavy (non-hydrogen) atoms. The first-order valence-corrected chi connectivity index (χ1v) is 6.59. The molecule has 0 aliphatic carbocycles. The molecule has 0 aromatic carbocycles. The van der Waals surface area contributed by atoms with E-state index in [-0.39, 0.29) is 0 Å². The number of nitrogens with one attached hydrogen (secondary N) is 1. The van der Waals surface area contributed by atoms with E-state index in [9.17, 15) is 0 Å². The van der Waals surface area contributed by atoms with Crippen LogP contribution in [-0.4, -0.2) is 29.5 Å². The molecule has 2 unspecified atom stereocenters. The van der Waals surface area contributed by atoms with Crippen molar-refractivity contribution in [1.29, 1.82) is 0 Å². The fourth-order valence-corrected chi connectivity index (χ4v) is 2.72. The van der Waals surface area contributed by atoms with Crippen molar-refractivity contribution in [2.24, 2.45) is 0 Å². The summed E-state index contributed by atoms with van der Waals surface area (Å²) in [6.07, 6.45) is 5.32. The molecule has 4 nitrogen and oxygen atoms in total. The highest BCUT2D eigenvalue weighted by molar-refractivity contribution is 5.29. The molecular weight excluding hydrogens is 214 g/mol. The third-order valence-corrected chi connectivity index (χ3v) is 3.51. The maximum Gasteiger partial charge on any atom is 0.160 e. The largest absolute Gasteiger partial charge is 0.493 e. The van der Waals surface area contributed by atoms with Gasteiger partial charge in [-0.05, 0) is 32.7 Å².